The Kier molecular flexibility index (Phi) is 5.58. The van der Waals surface area contributed by atoms with Crippen LogP contribution in [0.3, 0.4) is 0 Å². The van der Waals surface area contributed by atoms with Gasteiger partial charge in [-0.2, -0.15) is 13.2 Å². The van der Waals surface area contributed by atoms with Crippen molar-refractivity contribution in [3.05, 3.63) is 35.4 Å². The van der Waals surface area contributed by atoms with E-state index in [-0.39, 0.29) is 17.9 Å². The summed E-state index contributed by atoms with van der Waals surface area (Å²) in [4.78, 5) is 15.9. The third-order valence-electron chi connectivity index (χ3n) is 5.52. The first kappa shape index (κ1) is 19.2. The van der Waals surface area contributed by atoms with Crippen molar-refractivity contribution in [2.24, 2.45) is 5.41 Å². The number of rotatable bonds is 4. The molecule has 144 valence electrons. The smallest absolute Gasteiger partial charge is 0.395 e. The van der Waals surface area contributed by atoms with Crippen molar-refractivity contribution in [2.45, 2.75) is 38.4 Å². The molecule has 0 bridgehead atoms. The van der Waals surface area contributed by atoms with Crippen LogP contribution in [0.5, 0.6) is 0 Å². The van der Waals surface area contributed by atoms with Crippen LogP contribution in [-0.2, 0) is 17.5 Å². The molecule has 7 heteroatoms. The number of alkyl halides is 3. The highest BCUT2D eigenvalue weighted by molar-refractivity contribution is 5.77. The molecule has 2 aliphatic heterocycles. The lowest BCUT2D eigenvalue weighted by Crippen LogP contribution is -2.54. The SMILES string of the molecule is O=C1CC[C@@]2(CCCN(Cc3cccc(C(F)(F)F)c3)C2)CN1CCO. The zero-order chi connectivity index (χ0) is 18.8. The second-order valence-electron chi connectivity index (χ2n) is 7.55. The Morgan fingerprint density at radius 1 is 1.19 bits per heavy atom. The summed E-state index contributed by atoms with van der Waals surface area (Å²) in [6, 6.07) is 5.52. The maximum absolute atomic E-state index is 12.9. The van der Waals surface area contributed by atoms with Gasteiger partial charge in [0.25, 0.3) is 0 Å². The van der Waals surface area contributed by atoms with Crippen molar-refractivity contribution in [3.8, 4) is 0 Å². The van der Waals surface area contributed by atoms with E-state index in [9.17, 15) is 18.0 Å². The lowest BCUT2D eigenvalue weighted by atomic mass is 9.73. The molecule has 3 rings (SSSR count). The zero-order valence-corrected chi connectivity index (χ0v) is 14.8. The molecule has 1 amide bonds. The van der Waals surface area contributed by atoms with Gasteiger partial charge in [-0.05, 0) is 37.4 Å². The third-order valence-corrected chi connectivity index (χ3v) is 5.52. The van der Waals surface area contributed by atoms with E-state index in [0.29, 0.717) is 31.6 Å². The van der Waals surface area contributed by atoms with E-state index in [1.165, 1.54) is 12.1 Å². The Labute approximate surface area is 151 Å². The number of halogens is 3. The van der Waals surface area contributed by atoms with Crippen LogP contribution in [0, 0.1) is 5.41 Å². The van der Waals surface area contributed by atoms with E-state index < -0.39 is 11.7 Å². The van der Waals surface area contributed by atoms with Gasteiger partial charge >= 0.3 is 6.18 Å². The maximum atomic E-state index is 12.9. The molecule has 1 aromatic carbocycles. The lowest BCUT2D eigenvalue weighted by molar-refractivity contribution is -0.140. The van der Waals surface area contributed by atoms with Crippen molar-refractivity contribution in [3.63, 3.8) is 0 Å². The fourth-order valence-corrected chi connectivity index (χ4v) is 4.31. The van der Waals surface area contributed by atoms with Crippen LogP contribution in [-0.4, -0.2) is 53.6 Å². The molecule has 2 saturated heterocycles. The quantitative estimate of drug-likeness (QED) is 0.886. The minimum Gasteiger partial charge on any atom is -0.395 e. The Bertz CT molecular complexity index is 650. The molecule has 0 aliphatic carbocycles. The van der Waals surface area contributed by atoms with Crippen LogP contribution in [0.25, 0.3) is 0 Å². The number of carbonyl (C=O) groups excluding carboxylic acids is 1. The molecule has 26 heavy (non-hydrogen) atoms. The summed E-state index contributed by atoms with van der Waals surface area (Å²) in [5.41, 5.74) is 0.0401. The molecule has 0 radical (unpaired) electrons. The van der Waals surface area contributed by atoms with Gasteiger partial charge in [0.15, 0.2) is 0 Å². The normalized spacial score (nSPS) is 25.1. The lowest BCUT2D eigenvalue weighted by Gasteiger charge is -2.48. The predicted octanol–water partition coefficient (Wildman–Crippen LogP) is 2.90. The van der Waals surface area contributed by atoms with Crippen molar-refractivity contribution >= 4 is 5.91 Å². The van der Waals surface area contributed by atoms with Gasteiger partial charge in [-0.15, -0.1) is 0 Å². The molecule has 1 atom stereocenters. The van der Waals surface area contributed by atoms with Crippen molar-refractivity contribution in [2.75, 3.05) is 32.8 Å². The topological polar surface area (TPSA) is 43.8 Å². The summed E-state index contributed by atoms with van der Waals surface area (Å²) in [6.07, 6.45) is -1.04. The number of nitrogens with zero attached hydrogens (tertiary/aromatic N) is 2. The molecule has 2 heterocycles. The van der Waals surface area contributed by atoms with Gasteiger partial charge < -0.3 is 10.0 Å². The number of piperidine rings is 2. The number of amides is 1. The van der Waals surface area contributed by atoms with Gasteiger partial charge in [-0.25, -0.2) is 0 Å². The molecule has 0 saturated carbocycles. The van der Waals surface area contributed by atoms with Crippen LogP contribution in [0.2, 0.25) is 0 Å². The Morgan fingerprint density at radius 3 is 2.73 bits per heavy atom. The van der Waals surface area contributed by atoms with Crippen molar-refractivity contribution < 1.29 is 23.1 Å². The number of aliphatic hydroxyl groups is 1. The Hall–Kier alpha value is -1.60. The number of β-amino-alcohol motifs (C(OH)–C–C–N with tert-alkyl or cyclic N) is 1. The summed E-state index contributed by atoms with van der Waals surface area (Å²) in [5, 5.41) is 9.17. The third kappa shape index (κ3) is 4.38. The van der Waals surface area contributed by atoms with Crippen LogP contribution in [0.4, 0.5) is 13.2 Å². The molecule has 1 spiro atoms. The molecular formula is C19H25F3N2O2. The number of carbonyl (C=O) groups is 1. The molecule has 4 nitrogen and oxygen atoms in total. The number of likely N-dealkylation sites (tertiary alicyclic amines) is 2. The van der Waals surface area contributed by atoms with Gasteiger partial charge in [0.1, 0.15) is 0 Å². The molecule has 2 aliphatic rings. The minimum absolute atomic E-state index is 0.0109. The van der Waals surface area contributed by atoms with Gasteiger partial charge in [-0.1, -0.05) is 18.2 Å². The highest BCUT2D eigenvalue weighted by Gasteiger charge is 2.41. The number of hydrogen-bond acceptors (Lipinski definition) is 3. The summed E-state index contributed by atoms with van der Waals surface area (Å²) in [5.74, 6) is 0.0830. The van der Waals surface area contributed by atoms with E-state index >= 15 is 0 Å². The van der Waals surface area contributed by atoms with E-state index in [2.05, 4.69) is 4.90 Å². The zero-order valence-electron chi connectivity index (χ0n) is 14.8. The first-order chi connectivity index (χ1) is 12.3. The van der Waals surface area contributed by atoms with Crippen LogP contribution in [0.1, 0.15) is 36.8 Å². The first-order valence-corrected chi connectivity index (χ1v) is 9.08. The van der Waals surface area contributed by atoms with E-state index in [0.717, 1.165) is 38.4 Å². The fourth-order valence-electron chi connectivity index (χ4n) is 4.31. The predicted molar refractivity (Wildman–Crippen MR) is 91.3 cm³/mol. The molecule has 0 unspecified atom stereocenters. The largest absolute Gasteiger partial charge is 0.416 e. The highest BCUT2D eigenvalue weighted by atomic mass is 19.4. The average molecular weight is 370 g/mol. The van der Waals surface area contributed by atoms with E-state index in [1.807, 2.05) is 0 Å². The molecule has 1 N–H and O–H groups in total. The number of aliphatic hydroxyl groups excluding tert-OH is 1. The highest BCUT2D eigenvalue weighted by Crippen LogP contribution is 2.39. The second-order valence-corrected chi connectivity index (χ2v) is 7.55. The van der Waals surface area contributed by atoms with Gasteiger partial charge in [0, 0.05) is 38.0 Å². The Morgan fingerprint density at radius 2 is 2.00 bits per heavy atom. The fraction of sp³-hybridized carbons (Fsp3) is 0.632. The van der Waals surface area contributed by atoms with Crippen LogP contribution >= 0.6 is 0 Å². The van der Waals surface area contributed by atoms with Crippen molar-refractivity contribution in [1.29, 1.82) is 0 Å². The van der Waals surface area contributed by atoms with Gasteiger partial charge in [-0.3, -0.25) is 9.69 Å². The summed E-state index contributed by atoms with van der Waals surface area (Å²) in [7, 11) is 0. The van der Waals surface area contributed by atoms with Crippen LogP contribution < -0.4 is 0 Å². The minimum atomic E-state index is -4.33. The maximum Gasteiger partial charge on any atom is 0.416 e. The summed E-state index contributed by atoms with van der Waals surface area (Å²) < 4.78 is 38.7. The van der Waals surface area contributed by atoms with E-state index in [1.54, 1.807) is 11.0 Å². The van der Waals surface area contributed by atoms with E-state index in [4.69, 9.17) is 5.11 Å². The standard InChI is InChI=1S/C19H25F3N2O2/c20-19(21,22)16-4-1-3-15(11-16)12-23-8-2-6-18(13-23)7-5-17(26)24(14-18)9-10-25/h1,3-4,11,25H,2,5-10,12-14H2/t18-/m1/s1. The first-order valence-electron chi connectivity index (χ1n) is 9.08. The summed E-state index contributed by atoms with van der Waals surface area (Å²) in [6.45, 7) is 3.06. The second kappa shape index (κ2) is 7.56. The molecular weight excluding hydrogens is 345 g/mol. The summed E-state index contributed by atoms with van der Waals surface area (Å²) >= 11 is 0. The Balaban J connectivity index is 1.68. The monoisotopic (exact) mass is 370 g/mol. The molecule has 0 aromatic heterocycles. The average Bonchev–Trinajstić information content (AvgIpc) is 2.58. The van der Waals surface area contributed by atoms with Gasteiger partial charge in [0.2, 0.25) is 5.91 Å². The number of benzene rings is 1. The molecule has 2 fully saturated rings. The molecule has 1 aromatic rings. The van der Waals surface area contributed by atoms with Crippen molar-refractivity contribution in [1.82, 2.24) is 9.80 Å². The van der Waals surface area contributed by atoms with Crippen LogP contribution in [0.15, 0.2) is 24.3 Å². The number of hydrogen-bond donors (Lipinski definition) is 1. The van der Waals surface area contributed by atoms with Gasteiger partial charge in [0.05, 0.1) is 12.2 Å².